The van der Waals surface area contributed by atoms with Gasteiger partial charge in [-0.1, -0.05) is 119 Å². The number of carbonyl (C=O) groups excluding carboxylic acids is 2. The van der Waals surface area contributed by atoms with Gasteiger partial charge in [0.2, 0.25) is 31.9 Å². The Morgan fingerprint density at radius 2 is 0.766 bits per heavy atom. The summed E-state index contributed by atoms with van der Waals surface area (Å²) in [6, 6.07) is 35.0. The zero-order chi connectivity index (χ0) is 87.7. The normalized spacial score (nSPS) is 18.1. The van der Waals surface area contributed by atoms with Crippen molar-refractivity contribution in [2.24, 2.45) is 17.8 Å². The van der Waals surface area contributed by atoms with E-state index in [-0.39, 0.29) is 35.5 Å². The second-order valence-electron chi connectivity index (χ2n) is 32.0. The Bertz CT molecular complexity index is 6070. The lowest BCUT2D eigenvalue weighted by Gasteiger charge is -2.37. The maximum Gasteiger partial charge on any atom is 0.226 e. The van der Waals surface area contributed by atoms with E-state index < -0.39 is 20.0 Å². The smallest absolute Gasteiger partial charge is 0.226 e. The summed E-state index contributed by atoms with van der Waals surface area (Å²) < 4.78 is 59.9. The van der Waals surface area contributed by atoms with E-state index in [0.717, 1.165) is 186 Å². The Kier molecular flexibility index (Phi) is 30.0. The van der Waals surface area contributed by atoms with Crippen LogP contribution in [0.1, 0.15) is 159 Å². The van der Waals surface area contributed by atoms with Crippen molar-refractivity contribution in [3.63, 3.8) is 0 Å². The lowest BCUT2D eigenvalue weighted by molar-refractivity contribution is -0.605. The number of piperidine rings is 4. The molecule has 3 atom stereocenters. The fourth-order valence-corrected chi connectivity index (χ4v) is 25.7. The molecule has 4 aliphatic heterocycles. The van der Waals surface area contributed by atoms with Gasteiger partial charge in [-0.05, 0) is 278 Å². The quantitative estimate of drug-likeness (QED) is 0.0709. The van der Waals surface area contributed by atoms with E-state index in [2.05, 4.69) is 200 Å². The van der Waals surface area contributed by atoms with E-state index >= 15 is 0 Å². The van der Waals surface area contributed by atoms with Crippen molar-refractivity contribution in [3.05, 3.63) is 309 Å². The third kappa shape index (κ3) is 21.7. The first-order chi connectivity index (χ1) is 59.2. The van der Waals surface area contributed by atoms with Crippen LogP contribution in [0.4, 0.5) is 0 Å². The van der Waals surface area contributed by atoms with E-state index in [1.807, 2.05) is 83.1 Å². The molecule has 3 aromatic carbocycles. The van der Waals surface area contributed by atoms with Crippen LogP contribution in [0, 0.1) is 28.2 Å². The molecular formula is C92H81Br8Cl4N10O8S2+. The van der Waals surface area contributed by atoms with Gasteiger partial charge in [0.15, 0.2) is 24.8 Å². The molecule has 642 valence electrons. The number of nitrogens with zero attached hydrogens (tertiary/aromatic N) is 10. The highest BCUT2D eigenvalue weighted by atomic mass is 79.9. The Morgan fingerprint density at radius 3 is 1.14 bits per heavy atom. The molecule has 0 radical (unpaired) electrons. The molecule has 0 N–H and O–H groups in total. The monoisotopic (exact) mass is 2290 g/mol. The number of hydrogen-bond donors (Lipinski definition) is 0. The van der Waals surface area contributed by atoms with Crippen molar-refractivity contribution in [2.45, 2.75) is 87.9 Å². The van der Waals surface area contributed by atoms with Crippen molar-refractivity contribution >= 4 is 253 Å². The fourth-order valence-electron chi connectivity index (χ4n) is 18.3. The molecule has 9 aromatic rings. The van der Waals surface area contributed by atoms with Crippen LogP contribution in [0.15, 0.2) is 195 Å². The number of halogens is 12. The maximum absolute atomic E-state index is 12.9. The molecule has 0 spiro atoms. The minimum absolute atomic E-state index is 0.0708. The average Bonchev–Trinajstić information content (AvgIpc) is 1.56. The van der Waals surface area contributed by atoms with Gasteiger partial charge in [0, 0.05) is 199 Å². The predicted octanol–water partition coefficient (Wildman–Crippen LogP) is 23.5. The summed E-state index contributed by atoms with van der Waals surface area (Å²) in [6.45, 7) is 4.93. The second-order valence-corrected chi connectivity index (χ2v) is 44.8. The van der Waals surface area contributed by atoms with Gasteiger partial charge in [-0.2, -0.15) is 9.46 Å². The van der Waals surface area contributed by atoms with E-state index in [4.69, 9.17) is 66.3 Å². The Labute approximate surface area is 809 Å². The average molecular weight is 2300 g/mol. The minimum Gasteiger partial charge on any atom is -0.619 e. The van der Waals surface area contributed by atoms with Gasteiger partial charge in [-0.3, -0.25) is 24.5 Å². The Hall–Kier alpha value is -6.03. The lowest BCUT2D eigenvalue weighted by atomic mass is 9.76. The van der Waals surface area contributed by atoms with Crippen LogP contribution < -0.4 is 9.46 Å². The topological polar surface area (TPSA) is 221 Å². The molecule has 6 aromatic heterocycles. The van der Waals surface area contributed by atoms with Crippen LogP contribution in [0.25, 0.3) is 58.5 Å². The number of carbonyl (C=O) groups is 2. The lowest BCUT2D eigenvalue weighted by Crippen LogP contribution is -2.41. The van der Waals surface area contributed by atoms with E-state index in [1.54, 1.807) is 32.9 Å². The first-order valence-electron chi connectivity index (χ1n) is 40.2. The van der Waals surface area contributed by atoms with Crippen molar-refractivity contribution in [1.29, 1.82) is 0 Å². The number of aromatic nitrogens is 6. The Balaban J connectivity index is 0.000000129. The number of rotatable bonds is 10. The van der Waals surface area contributed by atoms with Gasteiger partial charge >= 0.3 is 0 Å². The van der Waals surface area contributed by atoms with Crippen LogP contribution in [-0.4, -0.2) is 132 Å². The standard InChI is InChI=1S/2C26H22Br2ClN3O2.C20H19Br2ClN2O2S.C20H18Br2ClN2O2S/c2*27-20-12-19-2-1-18-13-21(29)14-22(28)24(18)25(26(19)30-15-20)17-5-7-31(8-6-17)23(33)11-16-3-9-32(34)10-4-16;2*1-28(26,27)25-6-4-12(5-7-25)19-18-13(9-16(23)10-17(18)22)2-3-14-8-15(21)11-24-20(14)19/h2*1-4,9-10,12-15,17,25H,5-8,11H2;2-3,8-12,19H,4-7H2,1H3;2-3,8-12H,4-7H2,1H3/q;;;+1. The van der Waals surface area contributed by atoms with Crippen molar-refractivity contribution in [2.75, 3.05) is 64.9 Å². The van der Waals surface area contributed by atoms with Crippen molar-refractivity contribution in [1.82, 2.24) is 38.3 Å². The van der Waals surface area contributed by atoms with Crippen molar-refractivity contribution in [3.8, 4) is 11.1 Å². The number of amides is 2. The number of likely N-dealkylation sites (tertiary alicyclic amines) is 2. The highest BCUT2D eigenvalue weighted by molar-refractivity contribution is 9.11. The van der Waals surface area contributed by atoms with Gasteiger partial charge in [0.1, 0.15) is 20.6 Å². The van der Waals surface area contributed by atoms with Crippen LogP contribution in [0.3, 0.4) is 0 Å². The molecule has 18 rings (SSSR count). The number of pyridine rings is 6. The van der Waals surface area contributed by atoms with Gasteiger partial charge in [0.25, 0.3) is 0 Å². The highest BCUT2D eigenvalue weighted by Crippen LogP contribution is 2.52. The minimum atomic E-state index is -3.16. The number of fused-ring (bicyclic) bond motifs is 8. The third-order valence-electron chi connectivity index (χ3n) is 24.2. The predicted molar refractivity (Wildman–Crippen MR) is 523 cm³/mol. The maximum atomic E-state index is 12.9. The first kappa shape index (κ1) is 92.7. The molecule has 3 unspecified atom stereocenters. The molecule has 32 heteroatoms. The molecule has 18 nitrogen and oxygen atoms in total. The largest absolute Gasteiger partial charge is 0.619 e. The summed E-state index contributed by atoms with van der Waals surface area (Å²) >= 11 is 54.5. The summed E-state index contributed by atoms with van der Waals surface area (Å²) in [6.07, 6.45) is 35.5. The molecule has 4 fully saturated rings. The molecule has 4 saturated heterocycles. The molecule has 5 aliphatic carbocycles. The molecule has 9 aliphatic rings. The van der Waals surface area contributed by atoms with Crippen LogP contribution >= 0.6 is 174 Å². The first-order valence-corrected chi connectivity index (χ1v) is 51.8. The zero-order valence-corrected chi connectivity index (χ0v) is 84.2. The zero-order valence-electron chi connectivity index (χ0n) is 66.8. The van der Waals surface area contributed by atoms with Crippen LogP contribution in [-0.2, 0) is 42.5 Å². The Morgan fingerprint density at radius 1 is 0.427 bits per heavy atom. The van der Waals surface area contributed by atoms with E-state index in [9.17, 15) is 36.8 Å². The molecule has 0 saturated carbocycles. The summed E-state index contributed by atoms with van der Waals surface area (Å²) in [5, 5.41) is 26.3. The van der Waals surface area contributed by atoms with Crippen LogP contribution in [0.5, 0.6) is 0 Å². The third-order valence-corrected chi connectivity index (χ3v) is 32.0. The van der Waals surface area contributed by atoms with Gasteiger partial charge in [-0.25, -0.2) is 30.4 Å². The SMILES string of the molecule is CS(=O)(=O)N1CCC(C2c3ncc(Br)cc3C=Cc3cc(Cl)cc(Br)c32)CC1.CS(=O)(=O)N1CCC(c2c3[c+](Br)cc(Cl)cc-3ccc3cc(Br)cnc23)CC1.O=C(Cc1cc[n+]([O-])cc1)N1CCC(C2c3ncc(Br)cc3C=Cc3cc(Cl)cc(Br)c32)CC1.O=C(Cc1cc[n+]([O-])cc1)N1CCC(C2c3ncc(Br)cc3C=Cc3cc(Cl)cc(Br)c32)CC1. The molecular weight excluding hydrogens is 2220 g/mol. The van der Waals surface area contributed by atoms with E-state index in [1.165, 1.54) is 54.0 Å². The fraction of sp³-hybridized carbons (Fsp3) is 0.293. The summed E-state index contributed by atoms with van der Waals surface area (Å²) in [7, 11) is -6.32. The molecule has 10 heterocycles. The molecule has 0 bridgehead atoms. The van der Waals surface area contributed by atoms with Crippen LogP contribution in [0.2, 0.25) is 20.1 Å². The van der Waals surface area contributed by atoms with Gasteiger partial charge < -0.3 is 20.2 Å². The highest BCUT2D eigenvalue weighted by Gasteiger charge is 2.41. The second kappa shape index (κ2) is 40.1. The van der Waals surface area contributed by atoms with Gasteiger partial charge in [-0.15, -0.1) is 0 Å². The molecule has 124 heavy (non-hydrogen) atoms. The summed E-state index contributed by atoms with van der Waals surface area (Å²) in [5.41, 5.74) is 19.2. The number of benzene rings is 4. The summed E-state index contributed by atoms with van der Waals surface area (Å²) in [4.78, 5) is 48.9. The van der Waals surface area contributed by atoms with Gasteiger partial charge in [0.05, 0.1) is 59.6 Å². The van der Waals surface area contributed by atoms with Crippen molar-refractivity contribution < 1.29 is 35.9 Å². The molecule has 2 amide bonds. The van der Waals surface area contributed by atoms with E-state index in [0.29, 0.717) is 103 Å². The number of hydrogen-bond acceptors (Lipinski definition) is 12. The number of sulfonamides is 2. The summed E-state index contributed by atoms with van der Waals surface area (Å²) in [5.74, 6) is 1.63.